The van der Waals surface area contributed by atoms with E-state index in [1.165, 1.54) is 0 Å². The predicted octanol–water partition coefficient (Wildman–Crippen LogP) is 5.33. The summed E-state index contributed by atoms with van der Waals surface area (Å²) in [5.74, 6) is 1.38. The van der Waals surface area contributed by atoms with Gasteiger partial charge in [-0.1, -0.05) is 41.0 Å². The molecule has 0 unspecified atom stereocenters. The molecule has 1 amide bonds. The molecule has 0 atom stereocenters. The molecular weight excluding hydrogens is 418 g/mol. The molecule has 8 heteroatoms. The Kier molecular flexibility index (Phi) is 5.86. The Balaban J connectivity index is 1.66. The average Bonchev–Trinajstić information content (AvgIpc) is 3.30. The van der Waals surface area contributed by atoms with Gasteiger partial charge in [0.15, 0.2) is 11.5 Å². The third kappa shape index (κ3) is 4.22. The van der Waals surface area contributed by atoms with Crippen molar-refractivity contribution < 1.29 is 18.8 Å². The van der Waals surface area contributed by atoms with Gasteiger partial charge in [0, 0.05) is 5.56 Å². The maximum Gasteiger partial charge on any atom is 0.259 e. The van der Waals surface area contributed by atoms with Crippen molar-refractivity contribution in [1.82, 2.24) is 10.1 Å². The fraction of sp³-hybridized carbons (Fsp3) is 0.0870. The number of nitrogens with zero attached hydrogens (tertiary/aromatic N) is 2. The standard InChI is InChI=1S/C23H18ClN3O4/c1-29-19-12-11-14(13-20(19)30-2)21-26-23(31-27-21)16-8-4-3-7-15(16)22(28)25-18-10-6-5-9-17(18)24/h3-13H,1-2H3,(H,25,28). The number of nitrogens with one attached hydrogen (secondary N) is 1. The number of carbonyl (C=O) groups excluding carboxylic acids is 1. The summed E-state index contributed by atoms with van der Waals surface area (Å²) in [6.07, 6.45) is 0. The fourth-order valence-corrected chi connectivity index (χ4v) is 3.23. The van der Waals surface area contributed by atoms with Crippen LogP contribution in [0.3, 0.4) is 0 Å². The molecule has 0 saturated heterocycles. The number of anilines is 1. The third-order valence-corrected chi connectivity index (χ3v) is 4.92. The molecule has 1 heterocycles. The quantitative estimate of drug-likeness (QED) is 0.440. The molecule has 1 aromatic heterocycles. The summed E-state index contributed by atoms with van der Waals surface area (Å²) >= 11 is 6.16. The number of aromatic nitrogens is 2. The van der Waals surface area contributed by atoms with E-state index in [2.05, 4.69) is 15.5 Å². The number of amides is 1. The van der Waals surface area contributed by atoms with Gasteiger partial charge in [-0.2, -0.15) is 4.98 Å². The van der Waals surface area contributed by atoms with Gasteiger partial charge in [0.25, 0.3) is 11.8 Å². The Morgan fingerprint density at radius 2 is 1.71 bits per heavy atom. The van der Waals surface area contributed by atoms with E-state index < -0.39 is 0 Å². The van der Waals surface area contributed by atoms with Crippen molar-refractivity contribution in [3.63, 3.8) is 0 Å². The Morgan fingerprint density at radius 1 is 0.968 bits per heavy atom. The van der Waals surface area contributed by atoms with Gasteiger partial charge >= 0.3 is 0 Å². The second-order valence-electron chi connectivity index (χ2n) is 6.47. The maximum atomic E-state index is 12.9. The number of rotatable bonds is 6. The van der Waals surface area contributed by atoms with Crippen molar-refractivity contribution >= 4 is 23.2 Å². The van der Waals surface area contributed by atoms with Gasteiger partial charge in [-0.15, -0.1) is 0 Å². The number of para-hydroxylation sites is 1. The van der Waals surface area contributed by atoms with Crippen LogP contribution >= 0.6 is 11.6 Å². The first-order valence-electron chi connectivity index (χ1n) is 9.32. The summed E-state index contributed by atoms with van der Waals surface area (Å²) in [5, 5.41) is 7.31. The molecule has 156 valence electrons. The average molecular weight is 436 g/mol. The zero-order valence-corrected chi connectivity index (χ0v) is 17.5. The minimum atomic E-state index is -0.338. The number of benzene rings is 3. The predicted molar refractivity (Wildman–Crippen MR) is 118 cm³/mol. The highest BCUT2D eigenvalue weighted by Crippen LogP contribution is 2.32. The van der Waals surface area contributed by atoms with Crippen LogP contribution in [0.15, 0.2) is 71.3 Å². The molecule has 0 spiro atoms. The molecule has 0 radical (unpaired) electrons. The first kappa shape index (κ1) is 20.4. The van der Waals surface area contributed by atoms with Crippen LogP contribution < -0.4 is 14.8 Å². The van der Waals surface area contributed by atoms with Crippen LogP contribution in [-0.4, -0.2) is 30.3 Å². The van der Waals surface area contributed by atoms with Gasteiger partial charge in [-0.3, -0.25) is 4.79 Å². The van der Waals surface area contributed by atoms with E-state index in [9.17, 15) is 4.79 Å². The van der Waals surface area contributed by atoms with Crippen LogP contribution in [0.5, 0.6) is 11.5 Å². The summed E-state index contributed by atoms with van der Waals surface area (Å²) in [4.78, 5) is 17.4. The fourth-order valence-electron chi connectivity index (χ4n) is 3.05. The molecule has 0 saturated carbocycles. The molecule has 3 aromatic carbocycles. The van der Waals surface area contributed by atoms with Crippen LogP contribution in [0.1, 0.15) is 10.4 Å². The van der Waals surface area contributed by atoms with Crippen LogP contribution in [0.2, 0.25) is 5.02 Å². The first-order valence-corrected chi connectivity index (χ1v) is 9.70. The molecule has 4 aromatic rings. The molecule has 0 fully saturated rings. The number of hydrogen-bond donors (Lipinski definition) is 1. The van der Waals surface area contributed by atoms with Crippen LogP contribution in [-0.2, 0) is 0 Å². The molecule has 0 aliphatic carbocycles. The van der Waals surface area contributed by atoms with Crippen molar-refractivity contribution in [3.8, 4) is 34.3 Å². The minimum absolute atomic E-state index is 0.217. The molecule has 0 aliphatic rings. The van der Waals surface area contributed by atoms with Crippen molar-refractivity contribution in [2.24, 2.45) is 0 Å². The van der Waals surface area contributed by atoms with Gasteiger partial charge in [0.05, 0.1) is 36.1 Å². The minimum Gasteiger partial charge on any atom is -0.493 e. The van der Waals surface area contributed by atoms with Gasteiger partial charge in [0.1, 0.15) is 0 Å². The normalized spacial score (nSPS) is 10.5. The zero-order valence-electron chi connectivity index (χ0n) is 16.8. The highest BCUT2D eigenvalue weighted by atomic mass is 35.5. The van der Waals surface area contributed by atoms with E-state index in [-0.39, 0.29) is 11.8 Å². The number of methoxy groups -OCH3 is 2. The topological polar surface area (TPSA) is 86.5 Å². The molecule has 4 rings (SSSR count). The number of halogens is 1. The summed E-state index contributed by atoms with van der Waals surface area (Å²) in [6.45, 7) is 0. The Bertz CT molecular complexity index is 1240. The van der Waals surface area contributed by atoms with Gasteiger partial charge in [-0.05, 0) is 42.5 Å². The maximum absolute atomic E-state index is 12.9. The van der Waals surface area contributed by atoms with Crippen molar-refractivity contribution in [2.45, 2.75) is 0 Å². The highest BCUT2D eigenvalue weighted by molar-refractivity contribution is 6.34. The lowest BCUT2D eigenvalue weighted by Gasteiger charge is -2.09. The lowest BCUT2D eigenvalue weighted by atomic mass is 10.1. The smallest absolute Gasteiger partial charge is 0.259 e. The highest BCUT2D eigenvalue weighted by Gasteiger charge is 2.19. The zero-order chi connectivity index (χ0) is 21.8. The lowest BCUT2D eigenvalue weighted by Crippen LogP contribution is -2.13. The Hall–Kier alpha value is -3.84. The lowest BCUT2D eigenvalue weighted by molar-refractivity contribution is 0.102. The third-order valence-electron chi connectivity index (χ3n) is 4.59. The second-order valence-corrected chi connectivity index (χ2v) is 6.88. The number of ether oxygens (including phenoxy) is 2. The van der Waals surface area contributed by atoms with Crippen molar-refractivity contribution in [3.05, 3.63) is 77.3 Å². The Morgan fingerprint density at radius 3 is 2.48 bits per heavy atom. The summed E-state index contributed by atoms with van der Waals surface area (Å²) in [7, 11) is 3.12. The summed E-state index contributed by atoms with van der Waals surface area (Å²) in [5.41, 5.74) is 2.09. The summed E-state index contributed by atoms with van der Waals surface area (Å²) < 4.78 is 16.1. The van der Waals surface area contributed by atoms with Gasteiger partial charge in [-0.25, -0.2) is 0 Å². The second kappa shape index (κ2) is 8.89. The molecule has 31 heavy (non-hydrogen) atoms. The van der Waals surface area contributed by atoms with Crippen LogP contribution in [0, 0.1) is 0 Å². The Labute approximate surface area is 183 Å². The van der Waals surface area contributed by atoms with E-state index in [1.807, 2.05) is 0 Å². The van der Waals surface area contributed by atoms with Gasteiger partial charge < -0.3 is 19.3 Å². The summed E-state index contributed by atoms with van der Waals surface area (Å²) in [6, 6.07) is 19.3. The van der Waals surface area contributed by atoms with Crippen molar-refractivity contribution in [2.75, 3.05) is 19.5 Å². The largest absolute Gasteiger partial charge is 0.493 e. The van der Waals surface area contributed by atoms with Gasteiger partial charge in [0.2, 0.25) is 5.82 Å². The monoisotopic (exact) mass is 435 g/mol. The van der Waals surface area contributed by atoms with E-state index in [1.54, 1.807) is 80.9 Å². The number of carbonyl (C=O) groups is 1. The number of hydrogen-bond acceptors (Lipinski definition) is 6. The van der Waals surface area contributed by atoms with E-state index >= 15 is 0 Å². The van der Waals surface area contributed by atoms with E-state index in [0.29, 0.717) is 44.7 Å². The van der Waals surface area contributed by atoms with Crippen LogP contribution in [0.25, 0.3) is 22.8 Å². The molecule has 0 bridgehead atoms. The van der Waals surface area contributed by atoms with E-state index in [0.717, 1.165) is 0 Å². The van der Waals surface area contributed by atoms with Crippen LogP contribution in [0.4, 0.5) is 5.69 Å². The molecular formula is C23H18ClN3O4. The molecule has 7 nitrogen and oxygen atoms in total. The molecule has 1 N–H and O–H groups in total. The van der Waals surface area contributed by atoms with E-state index in [4.69, 9.17) is 25.6 Å². The molecule has 0 aliphatic heterocycles. The first-order chi connectivity index (χ1) is 15.1. The van der Waals surface area contributed by atoms with Crippen molar-refractivity contribution in [1.29, 1.82) is 0 Å². The SMILES string of the molecule is COc1ccc(-c2noc(-c3ccccc3C(=O)Nc3ccccc3Cl)n2)cc1OC.